The summed E-state index contributed by atoms with van der Waals surface area (Å²) in [4.78, 5) is 5.73. The molecule has 0 radical (unpaired) electrons. The third-order valence-corrected chi connectivity index (χ3v) is 4.69. The van der Waals surface area contributed by atoms with E-state index in [1.54, 1.807) is 11.3 Å². The van der Waals surface area contributed by atoms with Gasteiger partial charge in [0.2, 0.25) is 0 Å². The van der Waals surface area contributed by atoms with Crippen molar-refractivity contribution in [1.82, 2.24) is 14.9 Å². The quantitative estimate of drug-likeness (QED) is 0.817. The van der Waals surface area contributed by atoms with E-state index in [1.807, 2.05) is 6.20 Å². The third-order valence-electron chi connectivity index (χ3n) is 3.82. The standard InChI is InChI=1S/C15H21N3S/c1-2-6-13(5-1)16-8-4-10-18-11-9-17-15(18)14-7-3-12-19-14/h3,7,9,11-13,16H,1-2,4-6,8,10H2. The lowest BCUT2D eigenvalue weighted by molar-refractivity contribution is 0.496. The van der Waals surface area contributed by atoms with Gasteiger partial charge in [-0.2, -0.15) is 0 Å². The number of hydrogen-bond acceptors (Lipinski definition) is 3. The number of nitrogens with one attached hydrogen (secondary N) is 1. The molecule has 1 fully saturated rings. The van der Waals surface area contributed by atoms with E-state index >= 15 is 0 Å². The molecular weight excluding hydrogens is 254 g/mol. The lowest BCUT2D eigenvalue weighted by Gasteiger charge is -2.12. The highest BCUT2D eigenvalue weighted by molar-refractivity contribution is 7.13. The minimum absolute atomic E-state index is 0.777. The average molecular weight is 275 g/mol. The van der Waals surface area contributed by atoms with Crippen molar-refractivity contribution in [2.75, 3.05) is 6.54 Å². The van der Waals surface area contributed by atoms with Gasteiger partial charge in [0.1, 0.15) is 5.82 Å². The molecule has 1 aliphatic carbocycles. The molecule has 0 amide bonds. The first kappa shape index (κ1) is 12.9. The molecule has 102 valence electrons. The van der Waals surface area contributed by atoms with Gasteiger partial charge in [-0.15, -0.1) is 11.3 Å². The molecule has 0 saturated heterocycles. The number of rotatable bonds is 6. The summed E-state index contributed by atoms with van der Waals surface area (Å²) in [6.07, 6.45) is 10.7. The smallest absolute Gasteiger partial charge is 0.149 e. The molecule has 2 aromatic heterocycles. The molecule has 0 atom stereocenters. The number of thiophene rings is 1. The van der Waals surface area contributed by atoms with Crippen LogP contribution in [0.15, 0.2) is 29.9 Å². The molecule has 1 aliphatic rings. The van der Waals surface area contributed by atoms with E-state index in [2.05, 4.69) is 38.6 Å². The van der Waals surface area contributed by atoms with E-state index < -0.39 is 0 Å². The SMILES string of the molecule is c1csc(-c2nccn2CCCNC2CCCC2)c1. The van der Waals surface area contributed by atoms with Crippen molar-refractivity contribution in [3.8, 4) is 10.7 Å². The molecule has 3 rings (SSSR count). The molecule has 19 heavy (non-hydrogen) atoms. The van der Waals surface area contributed by atoms with Gasteiger partial charge < -0.3 is 9.88 Å². The van der Waals surface area contributed by atoms with Gasteiger partial charge >= 0.3 is 0 Å². The predicted molar refractivity (Wildman–Crippen MR) is 80.4 cm³/mol. The molecule has 4 heteroatoms. The Balaban J connectivity index is 1.49. The predicted octanol–water partition coefficient (Wildman–Crippen LogP) is 3.53. The molecule has 1 N–H and O–H groups in total. The maximum atomic E-state index is 4.47. The van der Waals surface area contributed by atoms with E-state index in [9.17, 15) is 0 Å². The van der Waals surface area contributed by atoms with Crippen molar-refractivity contribution >= 4 is 11.3 Å². The summed E-state index contributed by atoms with van der Waals surface area (Å²) in [5, 5.41) is 5.77. The van der Waals surface area contributed by atoms with Gasteiger partial charge in [0.15, 0.2) is 0 Å². The molecule has 0 spiro atoms. The molecular formula is C15H21N3S. The second kappa shape index (κ2) is 6.35. The van der Waals surface area contributed by atoms with Crippen LogP contribution in [0.2, 0.25) is 0 Å². The maximum Gasteiger partial charge on any atom is 0.149 e. The maximum absolute atomic E-state index is 4.47. The average Bonchev–Trinajstić information content (AvgIpc) is 3.15. The van der Waals surface area contributed by atoms with E-state index in [4.69, 9.17) is 0 Å². The van der Waals surface area contributed by atoms with Crippen molar-refractivity contribution in [2.45, 2.75) is 44.7 Å². The minimum Gasteiger partial charge on any atom is -0.330 e. The summed E-state index contributed by atoms with van der Waals surface area (Å²) in [6.45, 7) is 2.17. The lowest BCUT2D eigenvalue weighted by atomic mass is 10.2. The Labute approximate surface area is 118 Å². The lowest BCUT2D eigenvalue weighted by Crippen LogP contribution is -2.27. The van der Waals surface area contributed by atoms with Crippen molar-refractivity contribution < 1.29 is 0 Å². The monoisotopic (exact) mass is 275 g/mol. The molecule has 0 aliphatic heterocycles. The molecule has 2 aromatic rings. The topological polar surface area (TPSA) is 29.9 Å². The number of imidazole rings is 1. The largest absolute Gasteiger partial charge is 0.330 e. The van der Waals surface area contributed by atoms with E-state index in [1.165, 1.54) is 37.0 Å². The van der Waals surface area contributed by atoms with Crippen LogP contribution in [-0.4, -0.2) is 22.1 Å². The second-order valence-electron chi connectivity index (χ2n) is 5.21. The number of hydrogen-bond donors (Lipinski definition) is 1. The Bertz CT molecular complexity index is 483. The van der Waals surface area contributed by atoms with Gasteiger partial charge in [-0.05, 0) is 37.3 Å². The Morgan fingerprint density at radius 1 is 1.37 bits per heavy atom. The van der Waals surface area contributed by atoms with E-state index in [-0.39, 0.29) is 0 Å². The number of aryl methyl sites for hydroxylation is 1. The molecule has 0 unspecified atom stereocenters. The van der Waals surface area contributed by atoms with Crippen LogP contribution in [-0.2, 0) is 6.54 Å². The molecule has 3 nitrogen and oxygen atoms in total. The second-order valence-corrected chi connectivity index (χ2v) is 6.16. The first-order valence-electron chi connectivity index (χ1n) is 7.22. The van der Waals surface area contributed by atoms with Crippen LogP contribution in [0.25, 0.3) is 10.7 Å². The van der Waals surface area contributed by atoms with E-state index in [0.717, 1.165) is 25.0 Å². The summed E-state index contributed by atoms with van der Waals surface area (Å²) in [5.41, 5.74) is 0. The first-order valence-corrected chi connectivity index (χ1v) is 8.10. The highest BCUT2D eigenvalue weighted by Crippen LogP contribution is 2.23. The zero-order valence-electron chi connectivity index (χ0n) is 11.2. The van der Waals surface area contributed by atoms with Crippen LogP contribution in [0.1, 0.15) is 32.1 Å². The Kier molecular flexibility index (Phi) is 4.30. The van der Waals surface area contributed by atoms with Crippen LogP contribution in [0.4, 0.5) is 0 Å². The third kappa shape index (κ3) is 3.25. The Morgan fingerprint density at radius 2 is 2.26 bits per heavy atom. The zero-order chi connectivity index (χ0) is 12.9. The van der Waals surface area contributed by atoms with Gasteiger partial charge in [0.05, 0.1) is 4.88 Å². The number of aromatic nitrogens is 2. The highest BCUT2D eigenvalue weighted by Gasteiger charge is 2.13. The fourth-order valence-corrected chi connectivity index (χ4v) is 3.54. The van der Waals surface area contributed by atoms with E-state index in [0.29, 0.717) is 0 Å². The van der Waals surface area contributed by atoms with Crippen LogP contribution in [0.3, 0.4) is 0 Å². The summed E-state index contributed by atoms with van der Waals surface area (Å²) >= 11 is 1.76. The molecule has 0 aromatic carbocycles. The Hall–Kier alpha value is -1.13. The van der Waals surface area contributed by atoms with Gasteiger partial charge in [-0.25, -0.2) is 4.98 Å². The fourth-order valence-electron chi connectivity index (χ4n) is 2.81. The Morgan fingerprint density at radius 3 is 3.05 bits per heavy atom. The van der Waals surface area contributed by atoms with Crippen molar-refractivity contribution in [1.29, 1.82) is 0 Å². The normalized spacial score (nSPS) is 16.2. The van der Waals surface area contributed by atoms with Gasteiger partial charge in [-0.3, -0.25) is 0 Å². The number of nitrogens with zero attached hydrogens (tertiary/aromatic N) is 2. The van der Waals surface area contributed by atoms with Gasteiger partial charge in [-0.1, -0.05) is 18.9 Å². The zero-order valence-corrected chi connectivity index (χ0v) is 12.0. The summed E-state index contributed by atoms with van der Waals surface area (Å²) in [5.74, 6) is 1.11. The van der Waals surface area contributed by atoms with Crippen LogP contribution < -0.4 is 5.32 Å². The van der Waals surface area contributed by atoms with Gasteiger partial charge in [0, 0.05) is 25.0 Å². The fraction of sp³-hybridized carbons (Fsp3) is 0.533. The van der Waals surface area contributed by atoms with Crippen molar-refractivity contribution in [2.24, 2.45) is 0 Å². The summed E-state index contributed by atoms with van der Waals surface area (Å²) < 4.78 is 2.27. The minimum atomic E-state index is 0.777. The molecule has 0 bridgehead atoms. The summed E-state index contributed by atoms with van der Waals surface area (Å²) in [6, 6.07) is 5.00. The highest BCUT2D eigenvalue weighted by atomic mass is 32.1. The molecule has 1 saturated carbocycles. The summed E-state index contributed by atoms with van der Waals surface area (Å²) in [7, 11) is 0. The van der Waals surface area contributed by atoms with Crippen LogP contribution >= 0.6 is 11.3 Å². The first-order chi connectivity index (χ1) is 9.43. The van der Waals surface area contributed by atoms with Crippen molar-refractivity contribution in [3.63, 3.8) is 0 Å². The van der Waals surface area contributed by atoms with Crippen molar-refractivity contribution in [3.05, 3.63) is 29.9 Å². The van der Waals surface area contributed by atoms with Gasteiger partial charge in [0.25, 0.3) is 0 Å². The van der Waals surface area contributed by atoms with Crippen LogP contribution in [0, 0.1) is 0 Å². The molecule has 2 heterocycles. The van der Waals surface area contributed by atoms with Crippen LogP contribution in [0.5, 0.6) is 0 Å².